The summed E-state index contributed by atoms with van der Waals surface area (Å²) in [5, 5.41) is 0. The zero-order valence-corrected chi connectivity index (χ0v) is 11.8. The van der Waals surface area contributed by atoms with Crippen molar-refractivity contribution in [1.82, 2.24) is 15.0 Å². The van der Waals surface area contributed by atoms with Crippen LogP contribution in [0.2, 0.25) is 0 Å². The van der Waals surface area contributed by atoms with Gasteiger partial charge in [-0.15, -0.1) is 11.8 Å². The van der Waals surface area contributed by atoms with Gasteiger partial charge in [-0.25, -0.2) is 8.78 Å². The molecule has 8 heteroatoms. The normalized spacial score (nSPS) is 10.6. The first kappa shape index (κ1) is 14.4. The van der Waals surface area contributed by atoms with Crippen molar-refractivity contribution < 1.29 is 8.78 Å². The second-order valence-corrected chi connectivity index (χ2v) is 5.18. The molecule has 1 aromatic heterocycles. The second-order valence-electron chi connectivity index (χ2n) is 4.17. The molecule has 0 aliphatic heterocycles. The van der Waals surface area contributed by atoms with E-state index in [0.717, 1.165) is 30.0 Å². The van der Waals surface area contributed by atoms with Gasteiger partial charge in [0.25, 0.3) is 0 Å². The Balaban J connectivity index is 2.16. The molecule has 20 heavy (non-hydrogen) atoms. The summed E-state index contributed by atoms with van der Waals surface area (Å²) in [4.78, 5) is 14.0. The number of hydrogen-bond acceptors (Lipinski definition) is 6. The fourth-order valence-corrected chi connectivity index (χ4v) is 2.24. The Bertz CT molecular complexity index is 621. The molecule has 0 spiro atoms. The van der Waals surface area contributed by atoms with E-state index in [2.05, 4.69) is 15.0 Å². The highest BCUT2D eigenvalue weighted by atomic mass is 32.2. The van der Waals surface area contributed by atoms with Crippen LogP contribution in [0.1, 0.15) is 5.82 Å². The fourth-order valence-electron chi connectivity index (χ4n) is 1.42. The lowest BCUT2D eigenvalue weighted by molar-refractivity contribution is 0.577. The molecule has 0 fully saturated rings. The van der Waals surface area contributed by atoms with E-state index in [1.54, 1.807) is 19.0 Å². The fraction of sp³-hybridized carbons (Fsp3) is 0.250. The van der Waals surface area contributed by atoms with Crippen molar-refractivity contribution in [3.63, 3.8) is 0 Å². The number of benzene rings is 1. The smallest absolute Gasteiger partial charge is 0.229 e. The van der Waals surface area contributed by atoms with E-state index in [0.29, 0.717) is 11.8 Å². The highest BCUT2D eigenvalue weighted by Gasteiger charge is 2.09. The predicted octanol–water partition coefficient (Wildman–Crippen LogP) is 2.09. The van der Waals surface area contributed by atoms with Crippen molar-refractivity contribution in [2.24, 2.45) is 0 Å². The van der Waals surface area contributed by atoms with Crippen molar-refractivity contribution in [3.05, 3.63) is 35.7 Å². The lowest BCUT2D eigenvalue weighted by atomic mass is 10.3. The number of rotatable bonds is 4. The van der Waals surface area contributed by atoms with E-state index in [4.69, 9.17) is 5.73 Å². The summed E-state index contributed by atoms with van der Waals surface area (Å²) in [6.07, 6.45) is 0. The van der Waals surface area contributed by atoms with Crippen LogP contribution in [0.15, 0.2) is 23.1 Å². The summed E-state index contributed by atoms with van der Waals surface area (Å²) in [5.74, 6) is 0.236. The Morgan fingerprint density at radius 1 is 1.20 bits per heavy atom. The van der Waals surface area contributed by atoms with Crippen LogP contribution in [0.4, 0.5) is 20.7 Å². The Morgan fingerprint density at radius 3 is 2.65 bits per heavy atom. The van der Waals surface area contributed by atoms with E-state index in [1.165, 1.54) is 0 Å². The monoisotopic (exact) mass is 297 g/mol. The van der Waals surface area contributed by atoms with Gasteiger partial charge >= 0.3 is 0 Å². The number of nitrogens with zero attached hydrogens (tertiary/aromatic N) is 4. The third-order valence-electron chi connectivity index (χ3n) is 2.34. The Morgan fingerprint density at radius 2 is 1.95 bits per heavy atom. The van der Waals surface area contributed by atoms with E-state index >= 15 is 0 Å². The van der Waals surface area contributed by atoms with Gasteiger partial charge in [0.05, 0.1) is 5.75 Å². The maximum Gasteiger partial charge on any atom is 0.229 e. The average Bonchev–Trinajstić information content (AvgIpc) is 2.39. The quantitative estimate of drug-likeness (QED) is 0.872. The minimum Gasteiger partial charge on any atom is -0.368 e. The number of nitrogen functional groups attached to an aromatic ring is 1. The number of nitrogens with two attached hydrogens (primary N) is 1. The molecule has 0 radical (unpaired) electrons. The van der Waals surface area contributed by atoms with Crippen LogP contribution >= 0.6 is 11.8 Å². The van der Waals surface area contributed by atoms with Gasteiger partial charge in [-0.3, -0.25) is 0 Å². The van der Waals surface area contributed by atoms with Crippen molar-refractivity contribution in [2.45, 2.75) is 10.6 Å². The largest absolute Gasteiger partial charge is 0.368 e. The Labute approximate surface area is 119 Å². The number of thioether (sulfide) groups is 1. The summed E-state index contributed by atoms with van der Waals surface area (Å²) in [7, 11) is 3.55. The van der Waals surface area contributed by atoms with Crippen molar-refractivity contribution >= 4 is 23.7 Å². The van der Waals surface area contributed by atoms with Gasteiger partial charge < -0.3 is 10.6 Å². The molecule has 2 N–H and O–H groups in total. The average molecular weight is 297 g/mol. The lowest BCUT2D eigenvalue weighted by Crippen LogP contribution is -2.15. The highest BCUT2D eigenvalue weighted by molar-refractivity contribution is 7.98. The molecule has 0 amide bonds. The van der Waals surface area contributed by atoms with Crippen LogP contribution in [0.3, 0.4) is 0 Å². The number of hydrogen-bond donors (Lipinski definition) is 1. The van der Waals surface area contributed by atoms with Crippen LogP contribution in [0, 0.1) is 11.6 Å². The van der Waals surface area contributed by atoms with Crippen molar-refractivity contribution in [3.8, 4) is 0 Å². The molecule has 0 bridgehead atoms. The summed E-state index contributed by atoms with van der Waals surface area (Å²) in [6.45, 7) is 0. The van der Waals surface area contributed by atoms with E-state index < -0.39 is 11.6 Å². The van der Waals surface area contributed by atoms with E-state index in [9.17, 15) is 8.78 Å². The van der Waals surface area contributed by atoms with Gasteiger partial charge in [0.15, 0.2) is 0 Å². The molecule has 1 aromatic carbocycles. The summed E-state index contributed by atoms with van der Waals surface area (Å²) < 4.78 is 26.5. The van der Waals surface area contributed by atoms with Gasteiger partial charge in [-0.1, -0.05) is 0 Å². The summed E-state index contributed by atoms with van der Waals surface area (Å²) in [5.41, 5.74) is 5.59. The molecule has 2 rings (SSSR count). The molecular weight excluding hydrogens is 284 g/mol. The van der Waals surface area contributed by atoms with Crippen LogP contribution in [-0.2, 0) is 5.75 Å². The van der Waals surface area contributed by atoms with Crippen molar-refractivity contribution in [1.29, 1.82) is 0 Å². The molecule has 0 atom stereocenters. The SMILES string of the molecule is CN(C)c1nc(N)nc(CSc2cc(F)ccc2F)n1. The van der Waals surface area contributed by atoms with Crippen molar-refractivity contribution in [2.75, 3.05) is 24.7 Å². The zero-order chi connectivity index (χ0) is 14.7. The van der Waals surface area contributed by atoms with Gasteiger partial charge in [0, 0.05) is 19.0 Å². The predicted molar refractivity (Wildman–Crippen MR) is 74.5 cm³/mol. The standard InChI is InChI=1S/C12H13F2N5S/c1-19(2)12-17-10(16-11(15)18-12)6-20-9-5-7(13)3-4-8(9)14/h3-5H,6H2,1-2H3,(H2,15,16,17,18). The van der Waals surface area contributed by atoms with Gasteiger partial charge in [-0.05, 0) is 18.2 Å². The third kappa shape index (κ3) is 3.53. The molecule has 1 heterocycles. The maximum atomic E-state index is 13.5. The first-order chi connectivity index (χ1) is 9.45. The Kier molecular flexibility index (Phi) is 4.33. The summed E-state index contributed by atoms with van der Waals surface area (Å²) in [6, 6.07) is 3.30. The minimum absolute atomic E-state index is 0.0963. The first-order valence-electron chi connectivity index (χ1n) is 5.71. The summed E-state index contributed by atoms with van der Waals surface area (Å²) >= 11 is 1.10. The third-order valence-corrected chi connectivity index (χ3v) is 3.36. The molecule has 0 saturated heterocycles. The van der Waals surface area contributed by atoms with Crippen LogP contribution in [0.25, 0.3) is 0 Å². The van der Waals surface area contributed by atoms with Crippen LogP contribution in [0.5, 0.6) is 0 Å². The number of aromatic nitrogens is 3. The van der Waals surface area contributed by atoms with E-state index in [1.807, 2.05) is 0 Å². The lowest BCUT2D eigenvalue weighted by Gasteiger charge is -2.11. The van der Waals surface area contributed by atoms with Gasteiger partial charge in [-0.2, -0.15) is 15.0 Å². The number of halogens is 2. The molecular formula is C12H13F2N5S. The zero-order valence-electron chi connectivity index (χ0n) is 11.0. The molecule has 0 unspecified atom stereocenters. The molecule has 2 aromatic rings. The highest BCUT2D eigenvalue weighted by Crippen LogP contribution is 2.25. The van der Waals surface area contributed by atoms with Gasteiger partial charge in [0.2, 0.25) is 11.9 Å². The molecule has 0 saturated carbocycles. The van der Waals surface area contributed by atoms with Crippen LogP contribution in [-0.4, -0.2) is 29.0 Å². The van der Waals surface area contributed by atoms with Gasteiger partial charge in [0.1, 0.15) is 17.5 Å². The molecule has 5 nitrogen and oxygen atoms in total. The van der Waals surface area contributed by atoms with E-state index in [-0.39, 0.29) is 16.6 Å². The first-order valence-corrected chi connectivity index (χ1v) is 6.70. The molecule has 106 valence electrons. The Hall–Kier alpha value is -1.96. The number of anilines is 2. The topological polar surface area (TPSA) is 67.9 Å². The maximum absolute atomic E-state index is 13.5. The molecule has 0 aliphatic rings. The molecule has 0 aliphatic carbocycles. The minimum atomic E-state index is -0.488. The van der Waals surface area contributed by atoms with Crippen LogP contribution < -0.4 is 10.6 Å². The second kappa shape index (κ2) is 6.00.